The number of nitrogens with one attached hydrogen (secondary N) is 1. The summed E-state index contributed by atoms with van der Waals surface area (Å²) in [4.78, 5) is 26.0. The van der Waals surface area contributed by atoms with Crippen LogP contribution in [0.15, 0.2) is 30.6 Å². The molecule has 0 spiro atoms. The van der Waals surface area contributed by atoms with Gasteiger partial charge in [0.15, 0.2) is 0 Å². The molecule has 104 valence electrons. The number of fused-ring (bicyclic) bond motifs is 1. The summed E-state index contributed by atoms with van der Waals surface area (Å²) in [6, 6.07) is 4.25. The maximum Gasteiger partial charge on any atom is 0.303 e. The van der Waals surface area contributed by atoms with Gasteiger partial charge in [-0.2, -0.15) is 0 Å². The summed E-state index contributed by atoms with van der Waals surface area (Å²) in [5, 5.41) is 12.4. The third-order valence-electron chi connectivity index (χ3n) is 2.79. The van der Waals surface area contributed by atoms with Gasteiger partial charge in [0.2, 0.25) is 5.91 Å². The van der Waals surface area contributed by atoms with E-state index < -0.39 is 11.8 Å². The Hall–Kier alpha value is -2.50. The molecule has 0 fully saturated rings. The first-order chi connectivity index (χ1) is 9.56. The van der Waals surface area contributed by atoms with Crippen molar-refractivity contribution in [2.45, 2.75) is 19.3 Å². The molecule has 0 bridgehead atoms. The van der Waals surface area contributed by atoms with Gasteiger partial charge in [-0.25, -0.2) is 4.39 Å². The van der Waals surface area contributed by atoms with Crippen molar-refractivity contribution >= 4 is 28.3 Å². The van der Waals surface area contributed by atoms with E-state index >= 15 is 0 Å². The number of rotatable bonds is 5. The molecule has 0 atom stereocenters. The first-order valence-electron chi connectivity index (χ1n) is 6.11. The Labute approximate surface area is 114 Å². The number of carbonyl (C=O) groups excluding carboxylic acids is 1. The van der Waals surface area contributed by atoms with Gasteiger partial charge in [-0.05, 0) is 24.6 Å². The van der Waals surface area contributed by atoms with Crippen LogP contribution >= 0.6 is 0 Å². The number of hydrogen-bond acceptors (Lipinski definition) is 3. The molecule has 1 aromatic heterocycles. The molecule has 6 heteroatoms. The van der Waals surface area contributed by atoms with Crippen LogP contribution in [-0.4, -0.2) is 22.0 Å². The number of pyridine rings is 1. The second-order valence-corrected chi connectivity index (χ2v) is 4.35. The maximum atomic E-state index is 13.4. The van der Waals surface area contributed by atoms with Crippen molar-refractivity contribution in [2.75, 3.05) is 5.32 Å². The molecule has 0 saturated carbocycles. The number of carboxylic acids is 1. The SMILES string of the molecule is O=C(O)CCCC(=O)Nc1cc(F)cc2cnccc12. The number of anilines is 1. The largest absolute Gasteiger partial charge is 0.481 e. The third kappa shape index (κ3) is 3.50. The van der Waals surface area contributed by atoms with Crippen molar-refractivity contribution in [3.8, 4) is 0 Å². The molecule has 0 aliphatic carbocycles. The fraction of sp³-hybridized carbons (Fsp3) is 0.214. The van der Waals surface area contributed by atoms with Gasteiger partial charge in [-0.3, -0.25) is 14.6 Å². The van der Waals surface area contributed by atoms with E-state index in [4.69, 9.17) is 5.11 Å². The van der Waals surface area contributed by atoms with Crippen molar-refractivity contribution in [1.82, 2.24) is 4.98 Å². The van der Waals surface area contributed by atoms with E-state index in [1.165, 1.54) is 18.3 Å². The molecule has 20 heavy (non-hydrogen) atoms. The number of carbonyl (C=O) groups is 2. The molecule has 0 aliphatic rings. The number of carboxylic acid groups (broad SMARTS) is 1. The number of amides is 1. The standard InChI is InChI=1S/C14H13FN2O3/c15-10-6-9-8-16-5-4-11(9)12(7-10)17-13(18)2-1-3-14(19)20/h4-8H,1-3H2,(H,17,18)(H,19,20). The zero-order chi connectivity index (χ0) is 14.5. The number of aliphatic carboxylic acids is 1. The van der Waals surface area contributed by atoms with E-state index in [1.54, 1.807) is 12.3 Å². The first kappa shape index (κ1) is 13.9. The highest BCUT2D eigenvalue weighted by molar-refractivity contribution is 6.01. The Kier molecular flexibility index (Phi) is 4.24. The average Bonchev–Trinajstić information content (AvgIpc) is 2.38. The molecule has 2 N–H and O–H groups in total. The third-order valence-corrected chi connectivity index (χ3v) is 2.79. The number of aromatic nitrogens is 1. The number of benzene rings is 1. The molecule has 0 saturated heterocycles. The molecule has 1 aromatic carbocycles. The van der Waals surface area contributed by atoms with Gasteiger partial charge < -0.3 is 10.4 Å². The minimum atomic E-state index is -0.944. The van der Waals surface area contributed by atoms with Crippen molar-refractivity contribution < 1.29 is 19.1 Å². The lowest BCUT2D eigenvalue weighted by Crippen LogP contribution is -2.12. The van der Waals surface area contributed by atoms with Gasteiger partial charge in [-0.1, -0.05) is 0 Å². The summed E-state index contributed by atoms with van der Waals surface area (Å²) >= 11 is 0. The lowest BCUT2D eigenvalue weighted by Gasteiger charge is -2.08. The maximum absolute atomic E-state index is 13.4. The second-order valence-electron chi connectivity index (χ2n) is 4.35. The molecule has 0 unspecified atom stereocenters. The highest BCUT2D eigenvalue weighted by Gasteiger charge is 2.09. The quantitative estimate of drug-likeness (QED) is 0.879. The summed E-state index contributed by atoms with van der Waals surface area (Å²) in [5.41, 5.74) is 0.364. The van der Waals surface area contributed by atoms with Gasteiger partial charge in [-0.15, -0.1) is 0 Å². The lowest BCUT2D eigenvalue weighted by molar-refractivity contribution is -0.137. The fourth-order valence-corrected chi connectivity index (χ4v) is 1.89. The Morgan fingerprint density at radius 2 is 2.10 bits per heavy atom. The molecule has 1 amide bonds. The smallest absolute Gasteiger partial charge is 0.303 e. The van der Waals surface area contributed by atoms with E-state index in [2.05, 4.69) is 10.3 Å². The summed E-state index contributed by atoms with van der Waals surface area (Å²) in [7, 11) is 0. The Bertz CT molecular complexity index is 658. The number of nitrogens with zero attached hydrogens (tertiary/aromatic N) is 1. The van der Waals surface area contributed by atoms with Crippen molar-refractivity contribution in [3.05, 3.63) is 36.4 Å². The van der Waals surface area contributed by atoms with E-state index in [9.17, 15) is 14.0 Å². The molecule has 5 nitrogen and oxygen atoms in total. The van der Waals surface area contributed by atoms with E-state index in [0.717, 1.165) is 0 Å². The zero-order valence-electron chi connectivity index (χ0n) is 10.6. The Balaban J connectivity index is 2.13. The predicted octanol–water partition coefficient (Wildman–Crippen LogP) is 2.57. The molecule has 2 rings (SSSR count). The van der Waals surface area contributed by atoms with E-state index in [0.29, 0.717) is 16.5 Å². The van der Waals surface area contributed by atoms with Crippen LogP contribution in [-0.2, 0) is 9.59 Å². The van der Waals surface area contributed by atoms with Crippen LogP contribution in [0.4, 0.5) is 10.1 Å². The van der Waals surface area contributed by atoms with Crippen molar-refractivity contribution in [2.24, 2.45) is 0 Å². The van der Waals surface area contributed by atoms with E-state index in [1.807, 2.05) is 0 Å². The van der Waals surface area contributed by atoms with Crippen LogP contribution < -0.4 is 5.32 Å². The van der Waals surface area contributed by atoms with Crippen LogP contribution in [0, 0.1) is 5.82 Å². The Morgan fingerprint density at radius 1 is 1.30 bits per heavy atom. The van der Waals surface area contributed by atoms with Crippen LogP contribution in [0.3, 0.4) is 0 Å². The van der Waals surface area contributed by atoms with Gasteiger partial charge in [0, 0.05) is 36.0 Å². The lowest BCUT2D eigenvalue weighted by atomic mass is 10.1. The number of hydrogen-bond donors (Lipinski definition) is 2. The monoisotopic (exact) mass is 276 g/mol. The summed E-state index contributed by atoms with van der Waals surface area (Å²) in [6.45, 7) is 0. The topological polar surface area (TPSA) is 79.3 Å². The Morgan fingerprint density at radius 3 is 2.85 bits per heavy atom. The van der Waals surface area contributed by atoms with Gasteiger partial charge in [0.05, 0.1) is 5.69 Å². The summed E-state index contributed by atoms with van der Waals surface area (Å²) < 4.78 is 13.4. The zero-order valence-corrected chi connectivity index (χ0v) is 10.6. The second kappa shape index (κ2) is 6.10. The van der Waals surface area contributed by atoms with Gasteiger partial charge in [0.1, 0.15) is 5.82 Å². The van der Waals surface area contributed by atoms with Crippen LogP contribution in [0.1, 0.15) is 19.3 Å². The van der Waals surface area contributed by atoms with Crippen LogP contribution in [0.5, 0.6) is 0 Å². The normalized spacial score (nSPS) is 10.4. The van der Waals surface area contributed by atoms with Crippen LogP contribution in [0.2, 0.25) is 0 Å². The highest BCUT2D eigenvalue weighted by atomic mass is 19.1. The van der Waals surface area contributed by atoms with Crippen molar-refractivity contribution in [1.29, 1.82) is 0 Å². The van der Waals surface area contributed by atoms with Gasteiger partial charge in [0.25, 0.3) is 0 Å². The highest BCUT2D eigenvalue weighted by Crippen LogP contribution is 2.24. The molecular formula is C14H13FN2O3. The van der Waals surface area contributed by atoms with Gasteiger partial charge >= 0.3 is 5.97 Å². The molecule has 0 radical (unpaired) electrons. The molecule has 0 aliphatic heterocycles. The fourth-order valence-electron chi connectivity index (χ4n) is 1.89. The summed E-state index contributed by atoms with van der Waals surface area (Å²) in [5.74, 6) is -1.75. The number of halogens is 1. The molecule has 1 heterocycles. The van der Waals surface area contributed by atoms with Crippen LogP contribution in [0.25, 0.3) is 10.8 Å². The van der Waals surface area contributed by atoms with E-state index in [-0.39, 0.29) is 25.2 Å². The predicted molar refractivity (Wildman–Crippen MR) is 71.8 cm³/mol. The minimum Gasteiger partial charge on any atom is -0.481 e. The molecule has 2 aromatic rings. The summed E-state index contributed by atoms with van der Waals surface area (Å²) in [6.07, 6.45) is 3.32. The average molecular weight is 276 g/mol. The van der Waals surface area contributed by atoms with Crippen molar-refractivity contribution in [3.63, 3.8) is 0 Å². The molecular weight excluding hydrogens is 263 g/mol. The minimum absolute atomic E-state index is 0.0682. The first-order valence-corrected chi connectivity index (χ1v) is 6.11.